The number of aromatic nitrogens is 4. The summed E-state index contributed by atoms with van der Waals surface area (Å²) in [7, 11) is 3.72. The van der Waals surface area contributed by atoms with E-state index in [4.69, 9.17) is 0 Å². The number of nitrogens with one attached hydrogen (secondary N) is 1. The number of nitrogens with zero attached hydrogens (tertiary/aromatic N) is 5. The van der Waals surface area contributed by atoms with Gasteiger partial charge in [0.2, 0.25) is 5.95 Å². The number of anilines is 2. The first kappa shape index (κ1) is 17.6. The van der Waals surface area contributed by atoms with E-state index in [1.54, 1.807) is 17.3 Å². The highest BCUT2D eigenvalue weighted by molar-refractivity contribution is 6.02. The SMILES string of the molecule is CC(C)c1cc(C(=O)Nc2cnc(N(C)C)nc2)nn1-c1ccccc1. The molecule has 1 N–H and O–H groups in total. The minimum atomic E-state index is -0.289. The summed E-state index contributed by atoms with van der Waals surface area (Å²) in [5.74, 6) is 0.521. The van der Waals surface area contributed by atoms with Crippen molar-refractivity contribution in [1.29, 1.82) is 0 Å². The van der Waals surface area contributed by atoms with Crippen LogP contribution in [0.1, 0.15) is 35.9 Å². The fourth-order valence-corrected chi connectivity index (χ4v) is 2.51. The summed E-state index contributed by atoms with van der Waals surface area (Å²) in [5, 5.41) is 7.30. The van der Waals surface area contributed by atoms with E-state index in [0.717, 1.165) is 11.4 Å². The molecule has 0 aliphatic heterocycles. The first-order valence-electron chi connectivity index (χ1n) is 8.42. The Morgan fingerprint density at radius 3 is 2.35 bits per heavy atom. The zero-order chi connectivity index (χ0) is 18.7. The van der Waals surface area contributed by atoms with Crippen molar-refractivity contribution in [2.24, 2.45) is 0 Å². The largest absolute Gasteiger partial charge is 0.347 e. The van der Waals surface area contributed by atoms with Gasteiger partial charge in [0.25, 0.3) is 5.91 Å². The maximum Gasteiger partial charge on any atom is 0.276 e. The topological polar surface area (TPSA) is 75.9 Å². The van der Waals surface area contributed by atoms with E-state index < -0.39 is 0 Å². The minimum Gasteiger partial charge on any atom is -0.347 e. The lowest BCUT2D eigenvalue weighted by atomic mass is 10.1. The second-order valence-corrected chi connectivity index (χ2v) is 6.48. The Morgan fingerprint density at radius 1 is 1.12 bits per heavy atom. The van der Waals surface area contributed by atoms with Gasteiger partial charge in [-0.25, -0.2) is 14.6 Å². The van der Waals surface area contributed by atoms with Gasteiger partial charge in [-0.2, -0.15) is 5.10 Å². The van der Waals surface area contributed by atoms with Crippen LogP contribution in [0.2, 0.25) is 0 Å². The van der Waals surface area contributed by atoms with E-state index in [0.29, 0.717) is 17.3 Å². The molecule has 0 spiro atoms. The van der Waals surface area contributed by atoms with Crippen LogP contribution in [0.5, 0.6) is 0 Å². The van der Waals surface area contributed by atoms with E-state index in [2.05, 4.69) is 34.2 Å². The summed E-state index contributed by atoms with van der Waals surface area (Å²) < 4.78 is 1.81. The van der Waals surface area contributed by atoms with Crippen molar-refractivity contribution in [3.8, 4) is 5.69 Å². The molecule has 0 unspecified atom stereocenters. The normalized spacial score (nSPS) is 10.8. The zero-order valence-electron chi connectivity index (χ0n) is 15.3. The monoisotopic (exact) mass is 350 g/mol. The van der Waals surface area contributed by atoms with E-state index in [1.807, 2.05) is 55.2 Å². The number of hydrogen-bond donors (Lipinski definition) is 1. The van der Waals surface area contributed by atoms with Gasteiger partial charge in [0.05, 0.1) is 23.8 Å². The van der Waals surface area contributed by atoms with E-state index in [-0.39, 0.29) is 11.8 Å². The highest BCUT2D eigenvalue weighted by atomic mass is 16.2. The Kier molecular flexibility index (Phi) is 4.97. The Hall–Kier alpha value is -3.22. The van der Waals surface area contributed by atoms with Gasteiger partial charge >= 0.3 is 0 Å². The van der Waals surface area contributed by atoms with E-state index >= 15 is 0 Å². The molecule has 0 saturated carbocycles. The fourth-order valence-electron chi connectivity index (χ4n) is 2.51. The van der Waals surface area contributed by atoms with Gasteiger partial charge in [-0.15, -0.1) is 0 Å². The summed E-state index contributed by atoms with van der Waals surface area (Å²) in [6.07, 6.45) is 3.16. The van der Waals surface area contributed by atoms with Crippen LogP contribution in [0.15, 0.2) is 48.8 Å². The van der Waals surface area contributed by atoms with Gasteiger partial charge in [0.15, 0.2) is 5.69 Å². The number of amides is 1. The fraction of sp³-hybridized carbons (Fsp3) is 0.263. The maximum absolute atomic E-state index is 12.6. The lowest BCUT2D eigenvalue weighted by Gasteiger charge is -2.10. The summed E-state index contributed by atoms with van der Waals surface area (Å²) in [5.41, 5.74) is 2.78. The molecule has 0 aliphatic carbocycles. The number of benzene rings is 1. The third-order valence-electron chi connectivity index (χ3n) is 3.86. The molecule has 0 atom stereocenters. The first-order chi connectivity index (χ1) is 12.5. The number of carbonyl (C=O) groups excluding carboxylic acids is 1. The van der Waals surface area contributed by atoms with E-state index in [9.17, 15) is 4.79 Å². The van der Waals surface area contributed by atoms with Crippen LogP contribution in [-0.2, 0) is 0 Å². The Morgan fingerprint density at radius 2 is 1.77 bits per heavy atom. The second kappa shape index (κ2) is 7.35. The van der Waals surface area contributed by atoms with Crippen LogP contribution in [-0.4, -0.2) is 39.8 Å². The number of hydrogen-bond acceptors (Lipinski definition) is 5. The minimum absolute atomic E-state index is 0.229. The first-order valence-corrected chi connectivity index (χ1v) is 8.42. The second-order valence-electron chi connectivity index (χ2n) is 6.48. The van der Waals surface area contributed by atoms with Crippen molar-refractivity contribution in [2.75, 3.05) is 24.3 Å². The van der Waals surface area contributed by atoms with Crippen molar-refractivity contribution in [3.63, 3.8) is 0 Å². The Bertz CT molecular complexity index is 884. The van der Waals surface area contributed by atoms with Gasteiger partial charge in [0.1, 0.15) is 0 Å². The lowest BCUT2D eigenvalue weighted by molar-refractivity contribution is 0.102. The number of carbonyl (C=O) groups is 1. The molecule has 0 bridgehead atoms. The standard InChI is InChI=1S/C19H22N6O/c1-13(2)17-10-16(23-25(17)15-8-6-5-7-9-15)18(26)22-14-11-20-19(21-12-14)24(3)4/h5-13H,1-4H3,(H,22,26). The molecule has 0 radical (unpaired) electrons. The molecule has 0 aliphatic rings. The summed E-state index contributed by atoms with van der Waals surface area (Å²) >= 11 is 0. The predicted octanol–water partition coefficient (Wildman–Crippen LogP) is 3.10. The number of rotatable bonds is 5. The lowest BCUT2D eigenvalue weighted by Crippen LogP contribution is -2.15. The molecule has 26 heavy (non-hydrogen) atoms. The summed E-state index contributed by atoms with van der Waals surface area (Å²) in [6.45, 7) is 4.15. The van der Waals surface area contributed by atoms with Crippen LogP contribution in [0.25, 0.3) is 5.69 Å². The molecule has 2 heterocycles. The van der Waals surface area contributed by atoms with Crippen LogP contribution in [0.3, 0.4) is 0 Å². The molecular weight excluding hydrogens is 328 g/mol. The molecule has 1 amide bonds. The van der Waals surface area contributed by atoms with Crippen molar-refractivity contribution >= 4 is 17.5 Å². The number of para-hydroxylation sites is 1. The van der Waals surface area contributed by atoms with Crippen LogP contribution >= 0.6 is 0 Å². The van der Waals surface area contributed by atoms with Crippen LogP contribution in [0.4, 0.5) is 11.6 Å². The highest BCUT2D eigenvalue weighted by Crippen LogP contribution is 2.21. The van der Waals surface area contributed by atoms with Gasteiger partial charge in [-0.05, 0) is 24.1 Å². The molecule has 2 aromatic heterocycles. The summed E-state index contributed by atoms with van der Waals surface area (Å²) in [4.78, 5) is 22.8. The van der Waals surface area contributed by atoms with Gasteiger partial charge in [-0.3, -0.25) is 4.79 Å². The molecule has 7 heteroatoms. The van der Waals surface area contributed by atoms with Crippen molar-refractivity contribution in [3.05, 3.63) is 60.2 Å². The molecule has 1 aromatic carbocycles. The van der Waals surface area contributed by atoms with Crippen molar-refractivity contribution in [1.82, 2.24) is 19.7 Å². The molecule has 7 nitrogen and oxygen atoms in total. The third-order valence-corrected chi connectivity index (χ3v) is 3.86. The van der Waals surface area contributed by atoms with Crippen LogP contribution in [0, 0.1) is 0 Å². The highest BCUT2D eigenvalue weighted by Gasteiger charge is 2.17. The van der Waals surface area contributed by atoms with Gasteiger partial charge < -0.3 is 10.2 Å². The molecular formula is C19H22N6O. The molecule has 3 aromatic rings. The van der Waals surface area contributed by atoms with Crippen molar-refractivity contribution in [2.45, 2.75) is 19.8 Å². The quantitative estimate of drug-likeness (QED) is 0.765. The summed E-state index contributed by atoms with van der Waals surface area (Å²) in [6, 6.07) is 11.6. The molecule has 134 valence electrons. The Balaban J connectivity index is 1.85. The van der Waals surface area contributed by atoms with Crippen LogP contribution < -0.4 is 10.2 Å². The maximum atomic E-state index is 12.6. The molecule has 0 fully saturated rings. The van der Waals surface area contributed by atoms with E-state index in [1.165, 1.54) is 0 Å². The Labute approximate surface area is 152 Å². The zero-order valence-corrected chi connectivity index (χ0v) is 15.3. The molecule has 0 saturated heterocycles. The van der Waals surface area contributed by atoms with Gasteiger partial charge in [-0.1, -0.05) is 32.0 Å². The average molecular weight is 350 g/mol. The third kappa shape index (κ3) is 3.72. The predicted molar refractivity (Wildman–Crippen MR) is 102 cm³/mol. The molecule has 3 rings (SSSR count). The van der Waals surface area contributed by atoms with Gasteiger partial charge in [0, 0.05) is 19.8 Å². The van der Waals surface area contributed by atoms with Crippen molar-refractivity contribution < 1.29 is 4.79 Å². The smallest absolute Gasteiger partial charge is 0.276 e. The average Bonchev–Trinajstić information content (AvgIpc) is 3.09.